The molecule has 0 spiro atoms. The molecule has 0 nitrogen and oxygen atoms in total. The van der Waals surface area contributed by atoms with Crippen LogP contribution in [0.1, 0.15) is 79.1 Å². The number of unbranched alkanes of at least 4 members (excludes halogenated alkanes) is 4. The van der Waals surface area contributed by atoms with Crippen molar-refractivity contribution in [2.75, 3.05) is 24.6 Å². The molecule has 0 aliphatic heterocycles. The zero-order valence-electron chi connectivity index (χ0n) is 14.2. The van der Waals surface area contributed by atoms with E-state index >= 15 is 0 Å². The fourth-order valence-corrected chi connectivity index (χ4v) is 8.87. The van der Waals surface area contributed by atoms with Crippen molar-refractivity contribution >= 4 is 72.2 Å². The van der Waals surface area contributed by atoms with Gasteiger partial charge in [-0.05, 0) is 0 Å². The molecule has 0 amide bonds. The summed E-state index contributed by atoms with van der Waals surface area (Å²) >= 11 is 0. The summed E-state index contributed by atoms with van der Waals surface area (Å²) in [6.45, 7) is 9.44. The molecule has 0 N–H and O–H groups in total. The van der Waals surface area contributed by atoms with Crippen LogP contribution in [0.25, 0.3) is 0 Å². The Morgan fingerprint density at radius 3 is 0.850 bits per heavy atom. The number of hydrogen-bond acceptors (Lipinski definition) is 0. The second-order valence-electron chi connectivity index (χ2n) is 5.91. The molecule has 0 aliphatic rings. The van der Waals surface area contributed by atoms with E-state index in [-0.39, 0.29) is 64.9 Å². The van der Waals surface area contributed by atoms with Crippen molar-refractivity contribution in [2.45, 2.75) is 79.1 Å². The van der Waals surface area contributed by atoms with Gasteiger partial charge in [-0.2, -0.15) is 0 Å². The van der Waals surface area contributed by atoms with Crippen LogP contribution in [0.3, 0.4) is 0 Å². The van der Waals surface area contributed by atoms with Crippen molar-refractivity contribution in [3.05, 3.63) is 0 Å². The maximum atomic E-state index is 2.36. The summed E-state index contributed by atoms with van der Waals surface area (Å²) in [5.74, 6) is 0. The van der Waals surface area contributed by atoms with Crippen LogP contribution in [0.4, 0.5) is 0 Å². The smallest absolute Gasteiger partial charge is 0.107 e. The van der Waals surface area contributed by atoms with Gasteiger partial charge in [0, 0.05) is 0 Å². The van der Waals surface area contributed by atoms with E-state index in [4.69, 9.17) is 0 Å². The van der Waals surface area contributed by atoms with Gasteiger partial charge in [0.15, 0.2) is 0 Å². The second-order valence-corrected chi connectivity index (χ2v) is 10.9. The van der Waals surface area contributed by atoms with Crippen LogP contribution in [0.2, 0.25) is 0 Å². The molecule has 0 saturated heterocycles. The minimum atomic E-state index is -0.879. The first-order valence-corrected chi connectivity index (χ1v) is 11.1. The summed E-state index contributed by atoms with van der Waals surface area (Å²) in [6, 6.07) is 0. The maximum absolute atomic E-state index is 2.36. The van der Waals surface area contributed by atoms with Crippen LogP contribution in [0.5, 0.6) is 0 Å². The largest absolute Gasteiger partial charge is 0.107 e. The Labute approximate surface area is 174 Å². The third-order valence-electron chi connectivity index (χ3n) is 4.24. The quantitative estimate of drug-likeness (QED) is 0.160. The van der Waals surface area contributed by atoms with Gasteiger partial charge in [0.2, 0.25) is 0 Å². The molecular weight excluding hydrogens is 557 g/mol. The van der Waals surface area contributed by atoms with E-state index in [0.29, 0.717) is 0 Å². The van der Waals surface area contributed by atoms with Crippen LogP contribution in [0.15, 0.2) is 0 Å². The molecule has 0 saturated carbocycles. The fraction of sp³-hybridized carbons (Fsp3) is 1.00. The molecule has 0 rings (SSSR count). The molecule has 20 heavy (non-hydrogen) atoms. The van der Waals surface area contributed by atoms with Gasteiger partial charge in [-0.15, -0.1) is 64.9 Å². The van der Waals surface area contributed by atoms with Crippen LogP contribution >= 0.6 is 72.2 Å². The first kappa shape index (κ1) is 30.3. The van der Waals surface area contributed by atoms with E-state index in [1.807, 2.05) is 0 Å². The van der Waals surface area contributed by atoms with Gasteiger partial charge in [-0.1, -0.05) is 0 Å². The SMILES string of the molecule is Br.CCCC[PH](CCCC)(CCCC)CCCC.I.I. The predicted octanol–water partition coefficient (Wildman–Crippen LogP) is 7.75. The standard InChI is InChI=1S/C16H37P.BrH.2HI/c1-5-9-13-17(14-10-6-2,15-11-7-3)16-12-8-4;;;/h17H,5-16H2,1-4H3;3*1H. The van der Waals surface area contributed by atoms with E-state index in [1.54, 1.807) is 24.6 Å². The number of halogens is 3. The van der Waals surface area contributed by atoms with Gasteiger partial charge < -0.3 is 0 Å². The van der Waals surface area contributed by atoms with Crippen molar-refractivity contribution in [3.8, 4) is 0 Å². The van der Waals surface area contributed by atoms with Crippen LogP contribution in [-0.2, 0) is 0 Å². The normalized spacial score (nSPS) is 11.0. The summed E-state index contributed by atoms with van der Waals surface area (Å²) in [6.07, 6.45) is 18.1. The van der Waals surface area contributed by atoms with E-state index in [1.165, 1.54) is 51.4 Å². The number of rotatable bonds is 12. The van der Waals surface area contributed by atoms with E-state index < -0.39 is 7.26 Å². The van der Waals surface area contributed by atoms with Gasteiger partial charge in [0.1, 0.15) is 0 Å². The van der Waals surface area contributed by atoms with Crippen LogP contribution in [0, 0.1) is 0 Å². The number of hydrogen-bond donors (Lipinski definition) is 0. The van der Waals surface area contributed by atoms with E-state index in [9.17, 15) is 0 Å². The Hall–Kier alpha value is 2.37. The first-order valence-electron chi connectivity index (χ1n) is 8.24. The molecule has 0 atom stereocenters. The van der Waals surface area contributed by atoms with Crippen LogP contribution in [-0.4, -0.2) is 24.6 Å². The average Bonchev–Trinajstić information content (AvgIpc) is 2.37. The summed E-state index contributed by atoms with van der Waals surface area (Å²) in [7, 11) is -0.879. The summed E-state index contributed by atoms with van der Waals surface area (Å²) in [5.41, 5.74) is 0. The van der Waals surface area contributed by atoms with Crippen LogP contribution < -0.4 is 0 Å². The van der Waals surface area contributed by atoms with Crippen molar-refractivity contribution in [1.29, 1.82) is 0 Å². The summed E-state index contributed by atoms with van der Waals surface area (Å²) < 4.78 is 0. The van der Waals surface area contributed by atoms with Crippen molar-refractivity contribution in [3.63, 3.8) is 0 Å². The average molecular weight is 597 g/mol. The molecule has 0 unspecified atom stereocenters. The van der Waals surface area contributed by atoms with E-state index in [0.717, 1.165) is 0 Å². The van der Waals surface area contributed by atoms with Crippen molar-refractivity contribution in [1.82, 2.24) is 0 Å². The zero-order chi connectivity index (χ0) is 13.0. The molecule has 4 heteroatoms. The second kappa shape index (κ2) is 21.4. The Balaban J connectivity index is -0.000000427. The molecular formula is C16H40BrI2P. The molecule has 0 aliphatic carbocycles. The molecule has 0 bridgehead atoms. The Morgan fingerprint density at radius 1 is 0.500 bits per heavy atom. The Kier molecular flexibility index (Phi) is 32.3. The van der Waals surface area contributed by atoms with Gasteiger partial charge in [-0.3, -0.25) is 0 Å². The van der Waals surface area contributed by atoms with Crippen molar-refractivity contribution in [2.24, 2.45) is 0 Å². The van der Waals surface area contributed by atoms with Gasteiger partial charge in [0.05, 0.1) is 0 Å². The third-order valence-corrected chi connectivity index (χ3v) is 9.90. The topological polar surface area (TPSA) is 0 Å². The maximum Gasteiger partial charge on any atom is -0.107 e. The molecule has 0 fully saturated rings. The first-order chi connectivity index (χ1) is 8.24. The minimum absolute atomic E-state index is 0. The Morgan fingerprint density at radius 2 is 0.700 bits per heavy atom. The fourth-order valence-electron chi connectivity index (χ4n) is 2.96. The molecule has 130 valence electrons. The minimum Gasteiger partial charge on any atom is -0.107 e. The molecule has 0 aromatic carbocycles. The molecule has 0 aromatic heterocycles. The van der Waals surface area contributed by atoms with Gasteiger partial charge in [-0.25, -0.2) is 0 Å². The molecule has 0 heterocycles. The van der Waals surface area contributed by atoms with Crippen molar-refractivity contribution < 1.29 is 0 Å². The molecule has 0 aromatic rings. The predicted molar refractivity (Wildman–Crippen MR) is 129 cm³/mol. The Bertz CT molecular complexity index is 131. The summed E-state index contributed by atoms with van der Waals surface area (Å²) in [5, 5.41) is 0. The summed E-state index contributed by atoms with van der Waals surface area (Å²) in [4.78, 5) is 0. The van der Waals surface area contributed by atoms with E-state index in [2.05, 4.69) is 27.7 Å². The molecule has 0 radical (unpaired) electrons. The van der Waals surface area contributed by atoms with Gasteiger partial charge >= 0.3 is 111 Å². The van der Waals surface area contributed by atoms with Gasteiger partial charge in [0.25, 0.3) is 0 Å². The zero-order valence-corrected chi connectivity index (χ0v) is 21.6. The monoisotopic (exact) mass is 596 g/mol. The third kappa shape index (κ3) is 15.3.